The van der Waals surface area contributed by atoms with Gasteiger partial charge in [0.05, 0.1) is 13.2 Å². The van der Waals surface area contributed by atoms with Crippen LogP contribution in [0.3, 0.4) is 0 Å². The molecular formula is C42H77NO5. The van der Waals surface area contributed by atoms with Crippen LogP contribution < -0.4 is 0 Å². The van der Waals surface area contributed by atoms with Gasteiger partial charge in [-0.3, -0.25) is 4.79 Å². The minimum Gasteiger partial charge on any atom is -0.466 e. The van der Waals surface area contributed by atoms with Crippen molar-refractivity contribution in [3.63, 3.8) is 0 Å². The van der Waals surface area contributed by atoms with Gasteiger partial charge in [0.15, 0.2) is 6.29 Å². The Kier molecular flexibility index (Phi) is 38.6. The van der Waals surface area contributed by atoms with Gasteiger partial charge in [0, 0.05) is 25.8 Å². The molecule has 0 aliphatic carbocycles. The van der Waals surface area contributed by atoms with Crippen LogP contribution in [0.5, 0.6) is 0 Å². The van der Waals surface area contributed by atoms with Crippen LogP contribution in [-0.4, -0.2) is 68.3 Å². The highest BCUT2D eigenvalue weighted by molar-refractivity contribution is 5.69. The third-order valence-corrected chi connectivity index (χ3v) is 8.69. The standard InChI is InChI=1S/C42H77NO5/c1-4-7-10-13-16-24-29-38-46-41(45)32-25-18-17-20-27-34-43(36-37-44)35-28-21-19-26-33-42(47-39-30-22-14-11-8-5-2)48-40-31-23-15-12-9-6-3/h42,44H,4-21,24-29,32-40H2,1-3H3. The first-order valence-electron chi connectivity index (χ1n) is 20.3. The van der Waals surface area contributed by atoms with Crippen LogP contribution in [-0.2, 0) is 19.0 Å². The van der Waals surface area contributed by atoms with Crippen LogP contribution in [0.2, 0.25) is 0 Å². The molecule has 0 aliphatic rings. The molecule has 1 N–H and O–H groups in total. The first-order valence-corrected chi connectivity index (χ1v) is 20.3. The lowest BCUT2D eigenvalue weighted by molar-refractivity contribution is -0.143. The average Bonchev–Trinajstić information content (AvgIpc) is 3.09. The Balaban J connectivity index is 4.06. The van der Waals surface area contributed by atoms with Crippen molar-refractivity contribution in [2.75, 3.05) is 46.1 Å². The molecule has 6 nitrogen and oxygen atoms in total. The van der Waals surface area contributed by atoms with Crippen molar-refractivity contribution < 1.29 is 24.1 Å². The van der Waals surface area contributed by atoms with Gasteiger partial charge in [-0.25, -0.2) is 0 Å². The molecule has 0 unspecified atom stereocenters. The Morgan fingerprint density at radius 1 is 0.562 bits per heavy atom. The summed E-state index contributed by atoms with van der Waals surface area (Å²) in [5.74, 6) is 12.7. The number of aliphatic hydroxyl groups excluding tert-OH is 1. The third-order valence-electron chi connectivity index (χ3n) is 8.69. The Morgan fingerprint density at radius 2 is 1.04 bits per heavy atom. The van der Waals surface area contributed by atoms with Crippen molar-refractivity contribution in [2.24, 2.45) is 0 Å². The van der Waals surface area contributed by atoms with Crippen molar-refractivity contribution in [3.05, 3.63) is 0 Å². The maximum atomic E-state index is 12.0. The van der Waals surface area contributed by atoms with Crippen LogP contribution >= 0.6 is 0 Å². The Labute approximate surface area is 298 Å². The normalized spacial score (nSPS) is 11.0. The summed E-state index contributed by atoms with van der Waals surface area (Å²) in [5, 5.41) is 9.55. The zero-order valence-corrected chi connectivity index (χ0v) is 31.9. The molecule has 0 spiro atoms. The van der Waals surface area contributed by atoms with Gasteiger partial charge in [0.1, 0.15) is 13.2 Å². The van der Waals surface area contributed by atoms with Crippen molar-refractivity contribution in [1.82, 2.24) is 4.90 Å². The topological polar surface area (TPSA) is 68.2 Å². The van der Waals surface area contributed by atoms with E-state index in [2.05, 4.69) is 49.4 Å². The van der Waals surface area contributed by atoms with Gasteiger partial charge in [-0.05, 0) is 64.5 Å². The molecule has 0 radical (unpaired) electrons. The third kappa shape index (κ3) is 35.7. The second-order valence-corrected chi connectivity index (χ2v) is 13.3. The summed E-state index contributed by atoms with van der Waals surface area (Å²) in [5.41, 5.74) is 0. The van der Waals surface area contributed by atoms with Gasteiger partial charge in [0.2, 0.25) is 0 Å². The number of nitrogens with zero attached hydrogens (tertiary/aromatic N) is 1. The Hall–Kier alpha value is -1.57. The monoisotopic (exact) mass is 676 g/mol. The van der Waals surface area contributed by atoms with E-state index < -0.39 is 0 Å². The van der Waals surface area contributed by atoms with Gasteiger partial charge in [-0.15, -0.1) is 11.8 Å². The number of esters is 1. The molecule has 0 rings (SSSR count). The summed E-state index contributed by atoms with van der Waals surface area (Å²) in [6, 6.07) is 0. The van der Waals surface area contributed by atoms with Crippen molar-refractivity contribution in [3.8, 4) is 23.7 Å². The first-order chi connectivity index (χ1) is 23.7. The predicted octanol–water partition coefficient (Wildman–Crippen LogP) is 10.4. The molecule has 0 aromatic carbocycles. The molecule has 0 atom stereocenters. The fourth-order valence-corrected chi connectivity index (χ4v) is 5.62. The molecule has 280 valence electrons. The van der Waals surface area contributed by atoms with Gasteiger partial charge in [0.25, 0.3) is 0 Å². The molecule has 0 aliphatic heterocycles. The number of carbonyl (C=O) groups is 1. The van der Waals surface area contributed by atoms with E-state index in [0.717, 1.165) is 110 Å². The highest BCUT2D eigenvalue weighted by Crippen LogP contribution is 2.12. The molecule has 0 saturated carbocycles. The maximum Gasteiger partial charge on any atom is 0.305 e. The lowest BCUT2D eigenvalue weighted by Gasteiger charge is -2.21. The van der Waals surface area contributed by atoms with E-state index in [4.69, 9.17) is 14.2 Å². The lowest BCUT2D eigenvalue weighted by atomic mass is 10.1. The molecule has 0 amide bonds. The van der Waals surface area contributed by atoms with Crippen molar-refractivity contribution in [1.29, 1.82) is 0 Å². The van der Waals surface area contributed by atoms with Crippen LogP contribution in [0, 0.1) is 23.7 Å². The van der Waals surface area contributed by atoms with Crippen molar-refractivity contribution >= 4 is 5.97 Å². The van der Waals surface area contributed by atoms with Gasteiger partial charge in [-0.1, -0.05) is 129 Å². The Bertz CT molecular complexity index is 763. The number of aliphatic hydroxyl groups is 1. The number of unbranched alkanes of at least 4 members (excludes halogenated alkanes) is 19. The fraction of sp³-hybridized carbons (Fsp3) is 0.881. The molecule has 48 heavy (non-hydrogen) atoms. The van der Waals surface area contributed by atoms with E-state index in [1.807, 2.05) is 0 Å². The largest absolute Gasteiger partial charge is 0.466 e. The molecule has 0 heterocycles. The van der Waals surface area contributed by atoms with Gasteiger partial charge >= 0.3 is 5.97 Å². The number of hydrogen-bond donors (Lipinski definition) is 1. The highest BCUT2D eigenvalue weighted by Gasteiger charge is 2.09. The predicted molar refractivity (Wildman–Crippen MR) is 203 cm³/mol. The maximum absolute atomic E-state index is 12.0. The van der Waals surface area contributed by atoms with E-state index >= 15 is 0 Å². The van der Waals surface area contributed by atoms with Crippen LogP contribution in [0.1, 0.15) is 188 Å². The molecule has 6 heteroatoms. The number of rotatable bonds is 35. The van der Waals surface area contributed by atoms with Crippen LogP contribution in [0.4, 0.5) is 0 Å². The molecule has 0 bridgehead atoms. The lowest BCUT2D eigenvalue weighted by Crippen LogP contribution is -2.29. The van der Waals surface area contributed by atoms with Crippen LogP contribution in [0.25, 0.3) is 0 Å². The minimum absolute atomic E-state index is 0.0318. The van der Waals surface area contributed by atoms with E-state index in [0.29, 0.717) is 26.2 Å². The summed E-state index contributed by atoms with van der Waals surface area (Å²) in [6.45, 7) is 11.1. The second kappa shape index (κ2) is 39.9. The molecule has 0 fully saturated rings. The molecule has 0 saturated heterocycles. The Morgan fingerprint density at radius 3 is 1.60 bits per heavy atom. The van der Waals surface area contributed by atoms with Crippen molar-refractivity contribution in [2.45, 2.75) is 194 Å². The summed E-state index contributed by atoms with van der Waals surface area (Å²) < 4.78 is 17.4. The smallest absolute Gasteiger partial charge is 0.305 e. The van der Waals surface area contributed by atoms with E-state index in [9.17, 15) is 9.90 Å². The summed E-state index contributed by atoms with van der Waals surface area (Å²) in [6.07, 6.45) is 28.9. The average molecular weight is 676 g/mol. The quantitative estimate of drug-likeness (QED) is 0.0312. The zero-order chi connectivity index (χ0) is 35.0. The number of hydrogen-bond acceptors (Lipinski definition) is 6. The summed E-state index contributed by atoms with van der Waals surface area (Å²) >= 11 is 0. The van der Waals surface area contributed by atoms with Crippen LogP contribution in [0.15, 0.2) is 0 Å². The van der Waals surface area contributed by atoms with Gasteiger partial charge < -0.3 is 24.2 Å². The highest BCUT2D eigenvalue weighted by atomic mass is 16.7. The second-order valence-electron chi connectivity index (χ2n) is 13.3. The number of ether oxygens (including phenoxy) is 3. The first kappa shape index (κ1) is 46.4. The minimum atomic E-state index is -0.244. The van der Waals surface area contributed by atoms with E-state index in [-0.39, 0.29) is 18.9 Å². The molecule has 0 aromatic heterocycles. The molecular weight excluding hydrogens is 598 g/mol. The molecule has 0 aromatic rings. The summed E-state index contributed by atoms with van der Waals surface area (Å²) in [7, 11) is 0. The summed E-state index contributed by atoms with van der Waals surface area (Å²) in [4.78, 5) is 14.4. The number of carbonyl (C=O) groups excluding carboxylic acids is 1. The van der Waals surface area contributed by atoms with E-state index in [1.54, 1.807) is 0 Å². The zero-order valence-electron chi connectivity index (χ0n) is 31.9. The van der Waals surface area contributed by atoms with E-state index in [1.165, 1.54) is 70.6 Å². The SMILES string of the molecule is CCCCCC#CCOC(CCCCCCN(CCO)CCCCCCCC(=O)OCCCCCCCCC)OCC#CCCCCC. The fourth-order valence-electron chi connectivity index (χ4n) is 5.62. The van der Waals surface area contributed by atoms with Gasteiger partial charge in [-0.2, -0.15) is 0 Å².